The summed E-state index contributed by atoms with van der Waals surface area (Å²) in [7, 11) is 0. The first-order valence-electron chi connectivity index (χ1n) is 4.13. The molecule has 1 aromatic carbocycles. The zero-order valence-electron chi connectivity index (χ0n) is 7.62. The standard InChI is InChI=1S/C11H12N2/c1-9(7-12)6-10-2-4-11(8-13)5-3-10/h2-6H,7,12H2,1H3. The topological polar surface area (TPSA) is 49.8 Å². The SMILES string of the molecule is CC(=Cc1ccc(C#N)cc1)CN. The number of benzene rings is 1. The van der Waals surface area contributed by atoms with Crippen molar-refractivity contribution in [1.29, 1.82) is 5.26 Å². The van der Waals surface area contributed by atoms with Crippen LogP contribution < -0.4 is 5.73 Å². The first kappa shape index (κ1) is 9.50. The molecule has 2 nitrogen and oxygen atoms in total. The van der Waals surface area contributed by atoms with Gasteiger partial charge in [-0.05, 0) is 24.6 Å². The fourth-order valence-electron chi connectivity index (χ4n) is 0.997. The predicted molar refractivity (Wildman–Crippen MR) is 53.9 cm³/mol. The average molecular weight is 172 g/mol. The van der Waals surface area contributed by atoms with E-state index in [4.69, 9.17) is 11.0 Å². The van der Waals surface area contributed by atoms with Crippen molar-refractivity contribution in [2.45, 2.75) is 6.92 Å². The summed E-state index contributed by atoms with van der Waals surface area (Å²) in [6.07, 6.45) is 2.02. The Morgan fingerprint density at radius 2 is 2.08 bits per heavy atom. The smallest absolute Gasteiger partial charge is 0.0991 e. The highest BCUT2D eigenvalue weighted by Gasteiger charge is 1.90. The minimum atomic E-state index is 0.569. The summed E-state index contributed by atoms with van der Waals surface area (Å²) in [5.74, 6) is 0. The van der Waals surface area contributed by atoms with Crippen LogP contribution in [-0.4, -0.2) is 6.54 Å². The van der Waals surface area contributed by atoms with Gasteiger partial charge < -0.3 is 5.73 Å². The lowest BCUT2D eigenvalue weighted by molar-refractivity contribution is 1.15. The van der Waals surface area contributed by atoms with Gasteiger partial charge in [0.1, 0.15) is 0 Å². The zero-order chi connectivity index (χ0) is 9.68. The van der Waals surface area contributed by atoms with Gasteiger partial charge in [0.15, 0.2) is 0 Å². The van der Waals surface area contributed by atoms with Crippen LogP contribution in [0.2, 0.25) is 0 Å². The lowest BCUT2D eigenvalue weighted by Crippen LogP contribution is -1.99. The fourth-order valence-corrected chi connectivity index (χ4v) is 0.997. The van der Waals surface area contributed by atoms with E-state index in [0.29, 0.717) is 12.1 Å². The first-order valence-corrected chi connectivity index (χ1v) is 4.13. The highest BCUT2D eigenvalue weighted by Crippen LogP contribution is 2.07. The number of rotatable bonds is 2. The normalized spacial score (nSPS) is 11.0. The molecule has 0 unspecified atom stereocenters. The maximum absolute atomic E-state index is 8.57. The Labute approximate surface area is 78.3 Å². The third kappa shape index (κ3) is 2.73. The summed E-state index contributed by atoms with van der Waals surface area (Å²) in [4.78, 5) is 0. The largest absolute Gasteiger partial charge is 0.327 e. The van der Waals surface area contributed by atoms with Gasteiger partial charge in [-0.2, -0.15) is 5.26 Å². The Kier molecular flexibility index (Phi) is 3.24. The molecule has 1 rings (SSSR count). The monoisotopic (exact) mass is 172 g/mol. The average Bonchev–Trinajstić information content (AvgIpc) is 2.19. The second-order valence-electron chi connectivity index (χ2n) is 2.93. The van der Waals surface area contributed by atoms with Crippen LogP contribution in [0.3, 0.4) is 0 Å². The van der Waals surface area contributed by atoms with Crippen molar-refractivity contribution in [3.63, 3.8) is 0 Å². The second-order valence-corrected chi connectivity index (χ2v) is 2.93. The van der Waals surface area contributed by atoms with Gasteiger partial charge in [0.05, 0.1) is 11.6 Å². The molecule has 0 saturated carbocycles. The van der Waals surface area contributed by atoms with Crippen molar-refractivity contribution < 1.29 is 0 Å². The van der Waals surface area contributed by atoms with Crippen molar-refractivity contribution in [2.75, 3.05) is 6.54 Å². The Bertz CT molecular complexity index is 341. The molecule has 2 N–H and O–H groups in total. The van der Waals surface area contributed by atoms with Crippen LogP contribution in [0.1, 0.15) is 18.1 Å². The van der Waals surface area contributed by atoms with Gasteiger partial charge in [-0.25, -0.2) is 0 Å². The highest BCUT2D eigenvalue weighted by atomic mass is 14.5. The van der Waals surface area contributed by atoms with E-state index in [1.807, 2.05) is 25.1 Å². The van der Waals surface area contributed by atoms with E-state index in [0.717, 1.165) is 11.1 Å². The minimum absolute atomic E-state index is 0.569. The minimum Gasteiger partial charge on any atom is -0.327 e. The van der Waals surface area contributed by atoms with Crippen LogP contribution in [0, 0.1) is 11.3 Å². The molecular weight excluding hydrogens is 160 g/mol. The summed E-state index contributed by atoms with van der Waals surface area (Å²) in [6, 6.07) is 9.51. The third-order valence-electron chi connectivity index (χ3n) is 1.77. The quantitative estimate of drug-likeness (QED) is 0.740. The van der Waals surface area contributed by atoms with E-state index < -0.39 is 0 Å². The number of nitrogens with two attached hydrogens (primary N) is 1. The van der Waals surface area contributed by atoms with Crippen LogP contribution in [0.15, 0.2) is 29.8 Å². The van der Waals surface area contributed by atoms with Crippen molar-refractivity contribution in [3.05, 3.63) is 41.0 Å². The molecule has 0 heterocycles. The summed E-state index contributed by atoms with van der Waals surface area (Å²) >= 11 is 0. The molecule has 0 aliphatic rings. The number of hydrogen-bond acceptors (Lipinski definition) is 2. The van der Waals surface area contributed by atoms with Gasteiger partial charge >= 0.3 is 0 Å². The van der Waals surface area contributed by atoms with Crippen molar-refractivity contribution in [1.82, 2.24) is 0 Å². The molecule has 0 radical (unpaired) electrons. The summed E-state index contributed by atoms with van der Waals surface area (Å²) in [6.45, 7) is 2.55. The molecule has 13 heavy (non-hydrogen) atoms. The van der Waals surface area contributed by atoms with Gasteiger partial charge in [0.2, 0.25) is 0 Å². The van der Waals surface area contributed by atoms with E-state index in [9.17, 15) is 0 Å². The van der Waals surface area contributed by atoms with Gasteiger partial charge in [-0.3, -0.25) is 0 Å². The van der Waals surface area contributed by atoms with E-state index in [1.165, 1.54) is 0 Å². The molecule has 0 amide bonds. The molecule has 0 aliphatic heterocycles. The van der Waals surface area contributed by atoms with E-state index >= 15 is 0 Å². The van der Waals surface area contributed by atoms with Crippen LogP contribution in [0.4, 0.5) is 0 Å². The molecule has 2 heteroatoms. The molecule has 1 aromatic rings. The summed E-state index contributed by atoms with van der Waals surface area (Å²) in [5.41, 5.74) is 8.35. The molecule has 0 aliphatic carbocycles. The predicted octanol–water partition coefficient (Wildman–Crippen LogP) is 1.92. The Morgan fingerprint density at radius 3 is 2.54 bits per heavy atom. The lowest BCUT2D eigenvalue weighted by atomic mass is 10.1. The number of nitrogens with zero attached hydrogens (tertiary/aromatic N) is 1. The Morgan fingerprint density at radius 1 is 1.46 bits per heavy atom. The van der Waals surface area contributed by atoms with Crippen LogP contribution in [0.25, 0.3) is 6.08 Å². The summed E-state index contributed by atoms with van der Waals surface area (Å²) < 4.78 is 0. The van der Waals surface area contributed by atoms with Gasteiger partial charge in [0, 0.05) is 6.54 Å². The molecule has 0 fully saturated rings. The summed E-state index contributed by atoms with van der Waals surface area (Å²) in [5, 5.41) is 8.57. The van der Waals surface area contributed by atoms with Crippen LogP contribution in [-0.2, 0) is 0 Å². The van der Waals surface area contributed by atoms with Gasteiger partial charge in [0.25, 0.3) is 0 Å². The molecule has 66 valence electrons. The molecule has 0 saturated heterocycles. The second kappa shape index (κ2) is 4.44. The molecule has 0 atom stereocenters. The van der Waals surface area contributed by atoms with E-state index in [-0.39, 0.29) is 0 Å². The first-order chi connectivity index (χ1) is 6.26. The zero-order valence-corrected chi connectivity index (χ0v) is 7.62. The van der Waals surface area contributed by atoms with E-state index in [2.05, 4.69) is 6.07 Å². The molecule has 0 bridgehead atoms. The van der Waals surface area contributed by atoms with Gasteiger partial charge in [-0.15, -0.1) is 0 Å². The number of hydrogen-bond donors (Lipinski definition) is 1. The van der Waals surface area contributed by atoms with Crippen molar-refractivity contribution in [3.8, 4) is 6.07 Å². The fraction of sp³-hybridized carbons (Fsp3) is 0.182. The molecular formula is C11H12N2. The maximum atomic E-state index is 8.57. The Hall–Kier alpha value is -1.59. The van der Waals surface area contributed by atoms with E-state index in [1.54, 1.807) is 12.1 Å². The molecule has 0 spiro atoms. The lowest BCUT2D eigenvalue weighted by Gasteiger charge is -1.96. The third-order valence-corrected chi connectivity index (χ3v) is 1.77. The highest BCUT2D eigenvalue weighted by molar-refractivity contribution is 5.53. The van der Waals surface area contributed by atoms with Crippen LogP contribution in [0.5, 0.6) is 0 Å². The number of nitriles is 1. The van der Waals surface area contributed by atoms with Crippen molar-refractivity contribution >= 4 is 6.08 Å². The maximum Gasteiger partial charge on any atom is 0.0991 e. The Balaban J connectivity index is 2.88. The van der Waals surface area contributed by atoms with Gasteiger partial charge in [-0.1, -0.05) is 23.8 Å². The molecule has 0 aromatic heterocycles. The van der Waals surface area contributed by atoms with Crippen LogP contribution >= 0.6 is 0 Å². The van der Waals surface area contributed by atoms with Crippen molar-refractivity contribution in [2.24, 2.45) is 5.73 Å².